The summed E-state index contributed by atoms with van der Waals surface area (Å²) in [5.41, 5.74) is 4.54. The van der Waals surface area contributed by atoms with E-state index in [4.69, 9.17) is 14.7 Å². The van der Waals surface area contributed by atoms with Crippen molar-refractivity contribution in [2.24, 2.45) is 7.05 Å². The molecule has 1 fully saturated rings. The van der Waals surface area contributed by atoms with Crippen LogP contribution in [0.4, 0.5) is 16.4 Å². The lowest BCUT2D eigenvalue weighted by molar-refractivity contribution is -0.117. The zero-order valence-corrected chi connectivity index (χ0v) is 21.1. The van der Waals surface area contributed by atoms with E-state index in [0.717, 1.165) is 40.3 Å². The molecule has 3 aromatic rings. The molecule has 1 aromatic carbocycles. The lowest BCUT2D eigenvalue weighted by atomic mass is 10.0. The van der Waals surface area contributed by atoms with E-state index in [1.807, 2.05) is 63.1 Å². The maximum atomic E-state index is 12.8. The summed E-state index contributed by atoms with van der Waals surface area (Å²) >= 11 is 0. The van der Waals surface area contributed by atoms with E-state index >= 15 is 0 Å². The van der Waals surface area contributed by atoms with Gasteiger partial charge in [-0.25, -0.2) is 14.8 Å². The highest BCUT2D eigenvalue weighted by Crippen LogP contribution is 2.34. The van der Waals surface area contributed by atoms with Crippen molar-refractivity contribution in [3.63, 3.8) is 0 Å². The first kappa shape index (κ1) is 23.8. The number of hydrogen-bond acceptors (Lipinski definition) is 7. The summed E-state index contributed by atoms with van der Waals surface area (Å²) in [4.78, 5) is 38.3. The van der Waals surface area contributed by atoms with Crippen LogP contribution in [0.15, 0.2) is 36.5 Å². The first-order valence-electron chi connectivity index (χ1n) is 12.2. The molecule has 5 rings (SSSR count). The number of benzene rings is 1. The molecule has 1 N–H and O–H groups in total. The Labute approximate surface area is 210 Å². The number of fused-ring (bicyclic) bond motifs is 1. The number of aryl methyl sites for hydroxylation is 1. The minimum Gasteiger partial charge on any atom is -0.444 e. The first-order chi connectivity index (χ1) is 17.2. The Morgan fingerprint density at radius 1 is 1.17 bits per heavy atom. The molecule has 2 aromatic heterocycles. The topological polar surface area (TPSA) is 105 Å². The molecule has 0 unspecified atom stereocenters. The van der Waals surface area contributed by atoms with Gasteiger partial charge in [-0.1, -0.05) is 12.1 Å². The Balaban J connectivity index is 1.49. The van der Waals surface area contributed by atoms with Crippen LogP contribution in [-0.4, -0.2) is 48.8 Å². The number of nitrogens with one attached hydrogen (secondary N) is 1. The number of nitrogens with zero attached hydrogens (tertiary/aromatic N) is 6. The predicted molar refractivity (Wildman–Crippen MR) is 135 cm³/mol. The highest BCUT2D eigenvalue weighted by molar-refractivity contribution is 5.96. The number of aromatic nitrogens is 4. The summed E-state index contributed by atoms with van der Waals surface area (Å²) < 4.78 is 7.40. The average Bonchev–Trinajstić information content (AvgIpc) is 3.55. The van der Waals surface area contributed by atoms with Crippen molar-refractivity contribution in [2.45, 2.75) is 58.8 Å². The second-order valence-electron chi connectivity index (χ2n) is 10.2. The largest absolute Gasteiger partial charge is 0.444 e. The molecule has 2 aliphatic heterocycles. The Morgan fingerprint density at radius 3 is 2.69 bits per heavy atom. The fraction of sp³-hybridized carbons (Fsp3) is 0.423. The smallest absolute Gasteiger partial charge is 0.410 e. The SMILES string of the molecule is Cn1nccc1CNc1nc2c(c(-c3cccc(N4CCCC4=O)c3)n1)CN(C(=O)OC(C)(C)C)C2. The van der Waals surface area contributed by atoms with Crippen LogP contribution in [-0.2, 0) is 36.2 Å². The predicted octanol–water partition coefficient (Wildman–Crippen LogP) is 3.87. The zero-order chi connectivity index (χ0) is 25.4. The number of ether oxygens (including phenoxy) is 1. The van der Waals surface area contributed by atoms with E-state index in [0.29, 0.717) is 38.5 Å². The molecule has 0 aliphatic carbocycles. The average molecular weight is 490 g/mol. The number of anilines is 2. The third-order valence-corrected chi connectivity index (χ3v) is 6.29. The number of amides is 2. The molecule has 0 saturated carbocycles. The van der Waals surface area contributed by atoms with Gasteiger partial charge in [-0.15, -0.1) is 0 Å². The van der Waals surface area contributed by atoms with Crippen LogP contribution in [0.25, 0.3) is 11.3 Å². The second-order valence-corrected chi connectivity index (χ2v) is 10.2. The summed E-state index contributed by atoms with van der Waals surface area (Å²) in [6.07, 6.45) is 2.79. The van der Waals surface area contributed by atoms with Gasteiger partial charge in [0.2, 0.25) is 11.9 Å². The maximum Gasteiger partial charge on any atom is 0.410 e. The fourth-order valence-corrected chi connectivity index (χ4v) is 4.51. The van der Waals surface area contributed by atoms with Crippen molar-refractivity contribution < 1.29 is 14.3 Å². The third kappa shape index (κ3) is 4.89. The second kappa shape index (κ2) is 9.25. The van der Waals surface area contributed by atoms with Crippen LogP contribution in [0.3, 0.4) is 0 Å². The van der Waals surface area contributed by atoms with E-state index in [1.165, 1.54) is 0 Å². The van der Waals surface area contributed by atoms with Gasteiger partial charge in [-0.2, -0.15) is 5.10 Å². The van der Waals surface area contributed by atoms with Gasteiger partial charge in [-0.05, 0) is 45.4 Å². The molecule has 0 atom stereocenters. The van der Waals surface area contributed by atoms with Crippen molar-refractivity contribution in [3.05, 3.63) is 53.5 Å². The Bertz CT molecular complexity index is 1310. The van der Waals surface area contributed by atoms with Crippen LogP contribution in [0.2, 0.25) is 0 Å². The van der Waals surface area contributed by atoms with Crippen LogP contribution in [0, 0.1) is 0 Å². The van der Waals surface area contributed by atoms with Gasteiger partial charge in [0.15, 0.2) is 0 Å². The van der Waals surface area contributed by atoms with Crippen molar-refractivity contribution in [1.29, 1.82) is 0 Å². The van der Waals surface area contributed by atoms with Gasteiger partial charge < -0.3 is 15.0 Å². The minimum absolute atomic E-state index is 0.134. The van der Waals surface area contributed by atoms with Crippen LogP contribution in [0.1, 0.15) is 50.6 Å². The highest BCUT2D eigenvalue weighted by atomic mass is 16.6. The lowest BCUT2D eigenvalue weighted by Crippen LogP contribution is -2.33. The molecule has 1 saturated heterocycles. The molecular weight excluding hydrogens is 458 g/mol. The molecule has 0 spiro atoms. The fourth-order valence-electron chi connectivity index (χ4n) is 4.51. The molecule has 4 heterocycles. The number of carbonyl (C=O) groups is 2. The van der Waals surface area contributed by atoms with Crippen molar-refractivity contribution >= 4 is 23.6 Å². The number of carbonyl (C=O) groups excluding carboxylic acids is 2. The summed E-state index contributed by atoms with van der Waals surface area (Å²) in [6, 6.07) is 9.79. The molecular formula is C26H31N7O3. The summed E-state index contributed by atoms with van der Waals surface area (Å²) in [5.74, 6) is 0.605. The number of hydrogen-bond donors (Lipinski definition) is 1. The van der Waals surface area contributed by atoms with E-state index in [2.05, 4.69) is 10.4 Å². The molecule has 188 valence electrons. The Kier molecular flexibility index (Phi) is 6.11. The summed E-state index contributed by atoms with van der Waals surface area (Å²) in [5, 5.41) is 7.51. The van der Waals surface area contributed by atoms with Crippen molar-refractivity contribution in [3.8, 4) is 11.3 Å². The highest BCUT2D eigenvalue weighted by Gasteiger charge is 2.32. The summed E-state index contributed by atoms with van der Waals surface area (Å²) in [7, 11) is 1.88. The van der Waals surface area contributed by atoms with E-state index in [-0.39, 0.29) is 12.0 Å². The normalized spacial score (nSPS) is 15.4. The van der Waals surface area contributed by atoms with E-state index in [9.17, 15) is 9.59 Å². The lowest BCUT2D eigenvalue weighted by Gasteiger charge is -2.24. The Morgan fingerprint density at radius 2 is 2.00 bits per heavy atom. The first-order valence-corrected chi connectivity index (χ1v) is 12.2. The molecule has 36 heavy (non-hydrogen) atoms. The van der Waals surface area contributed by atoms with Crippen molar-refractivity contribution in [1.82, 2.24) is 24.6 Å². The minimum atomic E-state index is -0.590. The molecule has 2 amide bonds. The monoisotopic (exact) mass is 489 g/mol. The third-order valence-electron chi connectivity index (χ3n) is 6.29. The molecule has 10 nitrogen and oxygen atoms in total. The van der Waals surface area contributed by atoms with Gasteiger partial charge in [-0.3, -0.25) is 14.4 Å². The number of rotatable bonds is 5. The van der Waals surface area contributed by atoms with Gasteiger partial charge in [0.1, 0.15) is 5.60 Å². The summed E-state index contributed by atoms with van der Waals surface area (Å²) in [6.45, 7) is 7.47. The maximum absolute atomic E-state index is 12.8. The molecule has 2 aliphatic rings. The van der Waals surface area contributed by atoms with Gasteiger partial charge >= 0.3 is 6.09 Å². The zero-order valence-electron chi connectivity index (χ0n) is 21.1. The van der Waals surface area contributed by atoms with Gasteiger partial charge in [0.25, 0.3) is 0 Å². The molecule has 0 bridgehead atoms. The Hall–Kier alpha value is -3.95. The van der Waals surface area contributed by atoms with Crippen LogP contribution < -0.4 is 10.2 Å². The van der Waals surface area contributed by atoms with Crippen LogP contribution >= 0.6 is 0 Å². The standard InChI is InChI=1S/C26H31N7O3/c1-26(2,3)36-25(35)32-15-20-21(16-32)29-24(27-14-19-10-11-28-31(19)4)30-23(20)17-7-5-8-18(13-17)33-12-6-9-22(33)34/h5,7-8,10-11,13H,6,9,12,14-16H2,1-4H3,(H,27,29,30). The molecule has 10 heteroatoms. The van der Waals surface area contributed by atoms with E-state index < -0.39 is 5.60 Å². The molecule has 0 radical (unpaired) electrons. The van der Waals surface area contributed by atoms with Crippen molar-refractivity contribution in [2.75, 3.05) is 16.8 Å². The quantitative estimate of drug-likeness (QED) is 0.580. The van der Waals surface area contributed by atoms with Gasteiger partial charge in [0.05, 0.1) is 36.7 Å². The van der Waals surface area contributed by atoms with Crippen LogP contribution in [0.5, 0.6) is 0 Å². The van der Waals surface area contributed by atoms with E-state index in [1.54, 1.807) is 15.8 Å². The van der Waals surface area contributed by atoms with Gasteiger partial charge in [0, 0.05) is 43.0 Å².